The Morgan fingerprint density at radius 2 is 2.05 bits per heavy atom. The number of nitrogens with zero attached hydrogens (tertiary/aromatic N) is 5. The highest BCUT2D eigenvalue weighted by molar-refractivity contribution is 5.85. The number of hydrogen-bond acceptors (Lipinski definition) is 5. The van der Waals surface area contributed by atoms with E-state index in [1.54, 1.807) is 17.9 Å². The zero-order valence-electron chi connectivity index (χ0n) is 12.6. The van der Waals surface area contributed by atoms with Gasteiger partial charge in [0, 0.05) is 40.2 Å². The first-order valence-electron chi connectivity index (χ1n) is 6.97. The largest absolute Gasteiger partial charge is 0.372 e. The molecule has 0 bridgehead atoms. The molecular formula is C13H19ClN6O2. The smallest absolute Gasteiger partial charge is 0.332 e. The molecule has 0 radical (unpaired) electrons. The van der Waals surface area contributed by atoms with Crippen molar-refractivity contribution in [1.82, 2.24) is 24.0 Å². The summed E-state index contributed by atoms with van der Waals surface area (Å²) < 4.78 is 4.27. The Morgan fingerprint density at radius 1 is 1.27 bits per heavy atom. The summed E-state index contributed by atoms with van der Waals surface area (Å²) in [5.74, 6) is 1.03. The fourth-order valence-electron chi connectivity index (χ4n) is 2.57. The number of rotatable bonds is 3. The number of fused-ring (bicyclic) bond motifs is 1. The molecule has 3 heterocycles. The highest BCUT2D eigenvalue weighted by Crippen LogP contribution is 2.05. The molecule has 0 saturated heterocycles. The predicted molar refractivity (Wildman–Crippen MR) is 87.0 cm³/mol. The molecule has 0 unspecified atom stereocenters. The van der Waals surface area contributed by atoms with Crippen LogP contribution in [0.2, 0.25) is 0 Å². The minimum Gasteiger partial charge on any atom is -0.372 e. The highest BCUT2D eigenvalue weighted by Gasteiger charge is 2.14. The summed E-state index contributed by atoms with van der Waals surface area (Å²) in [6, 6.07) is 0. The summed E-state index contributed by atoms with van der Waals surface area (Å²) in [5.41, 5.74) is 0.191. The number of halogens is 1. The maximum absolute atomic E-state index is 12.2. The monoisotopic (exact) mass is 326 g/mol. The molecule has 1 aliphatic rings. The van der Waals surface area contributed by atoms with E-state index in [1.807, 2.05) is 0 Å². The number of aromatic nitrogens is 4. The second-order valence-electron chi connectivity index (χ2n) is 5.17. The quantitative estimate of drug-likeness (QED) is 0.834. The fraction of sp³-hybridized carbons (Fsp3) is 0.538. The zero-order chi connectivity index (χ0) is 15.0. The van der Waals surface area contributed by atoms with Crippen molar-refractivity contribution in [3.05, 3.63) is 27.2 Å². The van der Waals surface area contributed by atoms with Gasteiger partial charge in [0.05, 0.1) is 12.2 Å². The molecule has 0 atom stereocenters. The molecule has 1 N–H and O–H groups in total. The highest BCUT2D eigenvalue weighted by atomic mass is 35.5. The maximum atomic E-state index is 12.2. The van der Waals surface area contributed by atoms with Crippen molar-refractivity contribution in [1.29, 1.82) is 0 Å². The molecule has 2 aromatic rings. The lowest BCUT2D eigenvalue weighted by Crippen LogP contribution is -2.37. The van der Waals surface area contributed by atoms with Crippen LogP contribution in [0.25, 0.3) is 11.2 Å². The Labute approximate surface area is 132 Å². The van der Waals surface area contributed by atoms with Crippen molar-refractivity contribution in [3.8, 4) is 0 Å². The number of aryl methyl sites for hydroxylation is 1. The lowest BCUT2D eigenvalue weighted by atomic mass is 10.3. The van der Waals surface area contributed by atoms with Gasteiger partial charge >= 0.3 is 5.69 Å². The molecule has 120 valence electrons. The molecule has 1 aliphatic heterocycles. The van der Waals surface area contributed by atoms with Gasteiger partial charge in [0.15, 0.2) is 11.2 Å². The van der Waals surface area contributed by atoms with Crippen LogP contribution in [-0.4, -0.2) is 37.6 Å². The van der Waals surface area contributed by atoms with Crippen LogP contribution in [0.3, 0.4) is 0 Å². The molecule has 2 aromatic heterocycles. The van der Waals surface area contributed by atoms with E-state index in [0.29, 0.717) is 24.3 Å². The number of hydrogen-bond donors (Lipinski definition) is 1. The molecule has 9 heteroatoms. The van der Waals surface area contributed by atoms with E-state index in [0.717, 1.165) is 29.8 Å². The fourth-order valence-corrected chi connectivity index (χ4v) is 2.57. The predicted octanol–water partition coefficient (Wildman–Crippen LogP) is -0.363. The van der Waals surface area contributed by atoms with Gasteiger partial charge in [-0.1, -0.05) is 0 Å². The van der Waals surface area contributed by atoms with E-state index in [9.17, 15) is 9.59 Å². The van der Waals surface area contributed by atoms with E-state index in [4.69, 9.17) is 0 Å². The minimum atomic E-state index is -0.365. The average Bonchev–Trinajstić information content (AvgIpc) is 3.12. The van der Waals surface area contributed by atoms with Gasteiger partial charge in [0.25, 0.3) is 5.56 Å². The Bertz CT molecular complexity index is 831. The van der Waals surface area contributed by atoms with Crippen LogP contribution in [0.4, 0.5) is 0 Å². The van der Waals surface area contributed by atoms with Crippen LogP contribution in [-0.2, 0) is 20.6 Å². The van der Waals surface area contributed by atoms with Gasteiger partial charge in [-0.05, 0) is 6.42 Å². The SMILES string of the molecule is Cl.Cn1c(=O)c2c(ncn2CCNC2=NCCC2)n(C)c1=O. The van der Waals surface area contributed by atoms with Gasteiger partial charge in [-0.3, -0.25) is 18.9 Å². The van der Waals surface area contributed by atoms with Crippen LogP contribution < -0.4 is 16.6 Å². The maximum Gasteiger partial charge on any atom is 0.332 e. The first-order valence-corrected chi connectivity index (χ1v) is 6.97. The van der Waals surface area contributed by atoms with E-state index < -0.39 is 0 Å². The van der Waals surface area contributed by atoms with Gasteiger partial charge < -0.3 is 9.88 Å². The number of aliphatic imine (C=N–C) groups is 1. The van der Waals surface area contributed by atoms with Crippen LogP contribution in [0.15, 0.2) is 20.9 Å². The Kier molecular flexibility index (Phi) is 4.70. The van der Waals surface area contributed by atoms with Gasteiger partial charge in [0.1, 0.15) is 0 Å². The van der Waals surface area contributed by atoms with Gasteiger partial charge in [-0.25, -0.2) is 9.78 Å². The van der Waals surface area contributed by atoms with E-state index in [-0.39, 0.29) is 23.7 Å². The number of imidazole rings is 1. The Hall–Kier alpha value is -2.09. The molecule has 0 aliphatic carbocycles. The van der Waals surface area contributed by atoms with Crippen molar-refractivity contribution < 1.29 is 0 Å². The summed E-state index contributed by atoms with van der Waals surface area (Å²) in [7, 11) is 3.10. The molecule has 22 heavy (non-hydrogen) atoms. The van der Waals surface area contributed by atoms with Crippen molar-refractivity contribution in [2.45, 2.75) is 19.4 Å². The van der Waals surface area contributed by atoms with Crippen LogP contribution in [0, 0.1) is 0 Å². The van der Waals surface area contributed by atoms with E-state index >= 15 is 0 Å². The first-order chi connectivity index (χ1) is 10.1. The number of nitrogens with one attached hydrogen (secondary N) is 1. The van der Waals surface area contributed by atoms with Crippen LogP contribution >= 0.6 is 12.4 Å². The van der Waals surface area contributed by atoms with Crippen molar-refractivity contribution >= 4 is 29.4 Å². The molecule has 8 nitrogen and oxygen atoms in total. The van der Waals surface area contributed by atoms with Gasteiger partial charge in [-0.2, -0.15) is 0 Å². The van der Waals surface area contributed by atoms with E-state index in [1.165, 1.54) is 11.6 Å². The summed E-state index contributed by atoms with van der Waals surface area (Å²) in [6.45, 7) is 2.16. The Balaban J connectivity index is 0.00000176. The molecule has 0 spiro atoms. The van der Waals surface area contributed by atoms with Crippen LogP contribution in [0.1, 0.15) is 12.8 Å². The van der Waals surface area contributed by atoms with Gasteiger partial charge in [0.2, 0.25) is 0 Å². The summed E-state index contributed by atoms with van der Waals surface area (Å²) in [4.78, 5) is 32.6. The third-order valence-electron chi connectivity index (χ3n) is 3.77. The average molecular weight is 327 g/mol. The summed E-state index contributed by atoms with van der Waals surface area (Å²) in [6.07, 6.45) is 3.68. The normalized spacial score (nSPS) is 14.0. The van der Waals surface area contributed by atoms with E-state index in [2.05, 4.69) is 15.3 Å². The van der Waals surface area contributed by atoms with Crippen molar-refractivity contribution in [2.75, 3.05) is 13.1 Å². The second kappa shape index (κ2) is 6.35. The third-order valence-corrected chi connectivity index (χ3v) is 3.77. The number of amidine groups is 1. The molecular weight excluding hydrogens is 308 g/mol. The standard InChI is InChI=1S/C13H18N6O2.ClH/c1-17-11-10(12(20)18(2)13(17)21)19(8-16-11)7-6-15-9-4-3-5-14-9;/h8H,3-7H2,1-2H3,(H,14,15);1H. The second-order valence-corrected chi connectivity index (χ2v) is 5.17. The first kappa shape index (κ1) is 16.3. The minimum absolute atomic E-state index is 0. The lowest BCUT2D eigenvalue weighted by molar-refractivity contribution is 0.671. The molecule has 3 rings (SSSR count). The molecule has 0 saturated carbocycles. The van der Waals surface area contributed by atoms with Gasteiger partial charge in [-0.15, -0.1) is 12.4 Å². The summed E-state index contributed by atoms with van der Waals surface area (Å²) >= 11 is 0. The van der Waals surface area contributed by atoms with Crippen molar-refractivity contribution in [2.24, 2.45) is 19.1 Å². The lowest BCUT2D eigenvalue weighted by Gasteiger charge is -2.08. The van der Waals surface area contributed by atoms with Crippen LogP contribution in [0.5, 0.6) is 0 Å². The molecule has 0 aromatic carbocycles. The zero-order valence-corrected chi connectivity index (χ0v) is 13.4. The van der Waals surface area contributed by atoms with Crippen molar-refractivity contribution in [3.63, 3.8) is 0 Å². The molecule has 0 fully saturated rings. The summed E-state index contributed by atoms with van der Waals surface area (Å²) in [5, 5.41) is 3.27. The third kappa shape index (κ3) is 2.66. The topological polar surface area (TPSA) is 86.2 Å². The Morgan fingerprint density at radius 3 is 2.73 bits per heavy atom. The molecule has 0 amide bonds.